The van der Waals surface area contributed by atoms with E-state index in [1.807, 2.05) is 0 Å². The van der Waals surface area contributed by atoms with Gasteiger partial charge in [0.1, 0.15) is 5.82 Å². The Morgan fingerprint density at radius 1 is 1.27 bits per heavy atom. The van der Waals surface area contributed by atoms with E-state index < -0.39 is 48.9 Å². The molecule has 0 unspecified atom stereocenters. The summed E-state index contributed by atoms with van der Waals surface area (Å²) in [5.41, 5.74) is 0.634. The number of benzene rings is 1. The molecule has 1 aromatic rings. The lowest BCUT2D eigenvalue weighted by molar-refractivity contribution is -0.187. The molecule has 3 rings (SSSR count). The molecule has 0 spiro atoms. The van der Waals surface area contributed by atoms with Crippen molar-refractivity contribution in [2.45, 2.75) is 24.6 Å². The summed E-state index contributed by atoms with van der Waals surface area (Å²) in [4.78, 5) is 24.1. The van der Waals surface area contributed by atoms with Crippen LogP contribution in [0.15, 0.2) is 18.2 Å². The largest absolute Gasteiger partial charge is 0.481 e. The van der Waals surface area contributed by atoms with Crippen molar-refractivity contribution < 1.29 is 32.3 Å². The molecule has 26 heavy (non-hydrogen) atoms. The summed E-state index contributed by atoms with van der Waals surface area (Å²) in [5.74, 6) is -6.09. The number of urea groups is 1. The summed E-state index contributed by atoms with van der Waals surface area (Å²) in [6, 6.07) is 3.20. The molecular weight excluding hydrogens is 380 g/mol. The highest BCUT2D eigenvalue weighted by atomic mass is 35.5. The number of hydrogen-bond acceptors (Lipinski definition) is 2. The minimum atomic E-state index is -4.69. The molecule has 1 saturated carbocycles. The normalized spacial score (nSPS) is 28.1. The van der Waals surface area contributed by atoms with Gasteiger partial charge in [0, 0.05) is 25.0 Å². The maximum absolute atomic E-state index is 13.5. The van der Waals surface area contributed by atoms with E-state index in [2.05, 4.69) is 5.32 Å². The lowest BCUT2D eigenvalue weighted by Gasteiger charge is -2.18. The molecule has 1 aromatic carbocycles. The van der Waals surface area contributed by atoms with Gasteiger partial charge in [-0.1, -0.05) is 17.7 Å². The van der Waals surface area contributed by atoms with Crippen LogP contribution in [0.25, 0.3) is 0 Å². The highest BCUT2D eigenvalue weighted by molar-refractivity contribution is 6.30. The smallest absolute Gasteiger partial charge is 0.394 e. The van der Waals surface area contributed by atoms with Crippen LogP contribution >= 0.6 is 11.6 Å². The Balaban J connectivity index is 1.61. The third-order valence-corrected chi connectivity index (χ3v) is 5.12. The van der Waals surface area contributed by atoms with E-state index in [-0.39, 0.29) is 17.0 Å². The Kier molecular flexibility index (Phi) is 4.76. The van der Waals surface area contributed by atoms with Crippen LogP contribution in [-0.4, -0.2) is 47.3 Å². The molecule has 1 aliphatic carbocycles. The molecule has 0 radical (unpaired) electrons. The number of halogens is 5. The zero-order valence-electron chi connectivity index (χ0n) is 13.3. The van der Waals surface area contributed by atoms with Gasteiger partial charge in [-0.3, -0.25) is 4.79 Å². The SMILES string of the molecule is O=C(O)[C@@H]1CN(C(=O)N[C@@H]2C[C@H]2c2ccc(Cl)c(F)c2)C[C@H]1C(F)(F)F. The van der Waals surface area contributed by atoms with Crippen LogP contribution in [0.2, 0.25) is 5.02 Å². The number of carboxylic acids is 1. The Hall–Kier alpha value is -2.03. The number of rotatable bonds is 3. The van der Waals surface area contributed by atoms with Crippen LogP contribution in [0.5, 0.6) is 0 Å². The molecule has 10 heteroatoms. The highest BCUT2D eigenvalue weighted by Gasteiger charge is 2.54. The number of amides is 2. The van der Waals surface area contributed by atoms with Crippen LogP contribution in [0.1, 0.15) is 17.9 Å². The van der Waals surface area contributed by atoms with Crippen LogP contribution in [-0.2, 0) is 4.79 Å². The van der Waals surface area contributed by atoms with Gasteiger partial charge in [-0.05, 0) is 24.1 Å². The first kappa shape index (κ1) is 18.8. The van der Waals surface area contributed by atoms with E-state index >= 15 is 0 Å². The van der Waals surface area contributed by atoms with Gasteiger partial charge in [-0.2, -0.15) is 13.2 Å². The summed E-state index contributed by atoms with van der Waals surface area (Å²) < 4.78 is 52.4. The Bertz CT molecular complexity index is 743. The topological polar surface area (TPSA) is 69.6 Å². The standard InChI is InChI=1S/C16H15ClF4N2O3/c17-11-2-1-7(3-12(11)18)8-4-13(8)22-15(26)23-5-9(14(24)25)10(6-23)16(19,20)21/h1-3,8-10,13H,4-6H2,(H,22,26)(H,24,25)/t8-,9+,10+,13+/m0/s1. The summed E-state index contributed by atoms with van der Waals surface area (Å²) in [7, 11) is 0. The predicted octanol–water partition coefficient (Wildman–Crippen LogP) is 3.24. The number of nitrogens with one attached hydrogen (secondary N) is 1. The molecule has 142 valence electrons. The molecule has 2 fully saturated rings. The van der Waals surface area contributed by atoms with Crippen molar-refractivity contribution in [3.05, 3.63) is 34.6 Å². The minimum Gasteiger partial charge on any atom is -0.481 e. The lowest BCUT2D eigenvalue weighted by atomic mass is 9.96. The Morgan fingerprint density at radius 2 is 1.96 bits per heavy atom. The van der Waals surface area contributed by atoms with Crippen LogP contribution in [0.4, 0.5) is 22.4 Å². The molecule has 1 aliphatic heterocycles. The molecule has 0 bridgehead atoms. The molecule has 1 saturated heterocycles. The van der Waals surface area contributed by atoms with Crippen molar-refractivity contribution >= 4 is 23.6 Å². The number of likely N-dealkylation sites (tertiary alicyclic amines) is 1. The van der Waals surface area contributed by atoms with E-state index in [9.17, 15) is 27.2 Å². The zero-order chi connectivity index (χ0) is 19.2. The number of carbonyl (C=O) groups excluding carboxylic acids is 1. The third-order valence-electron chi connectivity index (χ3n) is 4.82. The van der Waals surface area contributed by atoms with E-state index in [1.54, 1.807) is 6.07 Å². The average molecular weight is 395 g/mol. The van der Waals surface area contributed by atoms with Crippen molar-refractivity contribution in [1.82, 2.24) is 10.2 Å². The van der Waals surface area contributed by atoms with Crippen molar-refractivity contribution in [2.24, 2.45) is 11.8 Å². The number of alkyl halides is 3. The molecule has 5 nitrogen and oxygen atoms in total. The van der Waals surface area contributed by atoms with Gasteiger partial charge in [0.25, 0.3) is 0 Å². The van der Waals surface area contributed by atoms with Crippen LogP contribution in [0, 0.1) is 17.7 Å². The third kappa shape index (κ3) is 3.72. The van der Waals surface area contributed by atoms with Gasteiger partial charge >= 0.3 is 18.2 Å². The number of aliphatic carboxylic acids is 1. The Morgan fingerprint density at radius 3 is 2.50 bits per heavy atom. The van der Waals surface area contributed by atoms with Gasteiger partial charge in [-0.15, -0.1) is 0 Å². The molecule has 2 N–H and O–H groups in total. The summed E-state index contributed by atoms with van der Waals surface area (Å²) in [6.45, 7) is -1.20. The van der Waals surface area contributed by atoms with E-state index in [0.29, 0.717) is 12.0 Å². The molecule has 2 amide bonds. The van der Waals surface area contributed by atoms with E-state index in [0.717, 1.165) is 4.90 Å². The highest BCUT2D eigenvalue weighted by Crippen LogP contribution is 2.42. The van der Waals surface area contributed by atoms with Gasteiger partial charge in [0.2, 0.25) is 0 Å². The fraction of sp³-hybridized carbons (Fsp3) is 0.500. The molecular formula is C16H15ClF4N2O3. The molecule has 4 atom stereocenters. The number of carbonyl (C=O) groups is 2. The summed E-state index contributed by atoms with van der Waals surface area (Å²) in [6.07, 6.45) is -4.17. The van der Waals surface area contributed by atoms with E-state index in [1.165, 1.54) is 12.1 Å². The van der Waals surface area contributed by atoms with Gasteiger partial charge in [0.05, 0.1) is 16.9 Å². The van der Waals surface area contributed by atoms with Gasteiger partial charge < -0.3 is 15.3 Å². The summed E-state index contributed by atoms with van der Waals surface area (Å²) >= 11 is 5.61. The van der Waals surface area contributed by atoms with Gasteiger partial charge in [-0.25, -0.2) is 9.18 Å². The fourth-order valence-corrected chi connectivity index (χ4v) is 3.38. The second-order valence-corrected chi connectivity index (χ2v) is 6.98. The van der Waals surface area contributed by atoms with Crippen LogP contribution < -0.4 is 5.32 Å². The second kappa shape index (κ2) is 6.61. The molecule has 1 heterocycles. The van der Waals surface area contributed by atoms with Crippen molar-refractivity contribution in [1.29, 1.82) is 0 Å². The summed E-state index contributed by atoms with van der Waals surface area (Å²) in [5, 5.41) is 11.5. The van der Waals surface area contributed by atoms with Crippen LogP contribution in [0.3, 0.4) is 0 Å². The van der Waals surface area contributed by atoms with Crippen molar-refractivity contribution in [3.63, 3.8) is 0 Å². The number of nitrogens with zero attached hydrogens (tertiary/aromatic N) is 1. The van der Waals surface area contributed by atoms with Crippen molar-refractivity contribution in [2.75, 3.05) is 13.1 Å². The maximum atomic E-state index is 13.5. The minimum absolute atomic E-state index is 0.0232. The maximum Gasteiger partial charge on any atom is 0.394 e. The average Bonchev–Trinajstić information content (AvgIpc) is 3.12. The first-order chi connectivity index (χ1) is 12.1. The second-order valence-electron chi connectivity index (χ2n) is 6.57. The zero-order valence-corrected chi connectivity index (χ0v) is 14.0. The predicted molar refractivity (Wildman–Crippen MR) is 83.3 cm³/mol. The van der Waals surface area contributed by atoms with Crippen molar-refractivity contribution in [3.8, 4) is 0 Å². The Labute approximate surface area is 150 Å². The fourth-order valence-electron chi connectivity index (χ4n) is 3.27. The first-order valence-electron chi connectivity index (χ1n) is 7.88. The van der Waals surface area contributed by atoms with Gasteiger partial charge in [0.15, 0.2) is 0 Å². The monoisotopic (exact) mass is 394 g/mol. The lowest BCUT2D eigenvalue weighted by Crippen LogP contribution is -2.41. The number of carboxylic acid groups (broad SMARTS) is 1. The quantitative estimate of drug-likeness (QED) is 0.773. The van der Waals surface area contributed by atoms with E-state index in [4.69, 9.17) is 16.7 Å². The number of hydrogen-bond donors (Lipinski definition) is 2. The molecule has 0 aromatic heterocycles. The first-order valence-corrected chi connectivity index (χ1v) is 8.25. The molecule has 2 aliphatic rings.